The van der Waals surface area contributed by atoms with E-state index < -0.39 is 0 Å². The number of rotatable bonds is 1. The first-order chi connectivity index (χ1) is 11.4. The van der Waals surface area contributed by atoms with Gasteiger partial charge in [-0.25, -0.2) is 0 Å². The van der Waals surface area contributed by atoms with Gasteiger partial charge in [0.15, 0.2) is 0 Å². The van der Waals surface area contributed by atoms with Crippen molar-refractivity contribution < 1.29 is 0 Å². The van der Waals surface area contributed by atoms with E-state index in [0.29, 0.717) is 0 Å². The molecule has 0 N–H and O–H groups in total. The highest BCUT2D eigenvalue weighted by molar-refractivity contribution is 5.89. The van der Waals surface area contributed by atoms with Crippen molar-refractivity contribution in [2.45, 2.75) is 25.7 Å². The van der Waals surface area contributed by atoms with Gasteiger partial charge in [0.05, 0.1) is 5.52 Å². The van der Waals surface area contributed by atoms with Gasteiger partial charge in [-0.1, -0.05) is 30.4 Å². The molecule has 0 amide bonds. The Morgan fingerprint density at radius 1 is 0.870 bits per heavy atom. The highest BCUT2D eigenvalue weighted by Gasteiger charge is 2.20. The minimum absolute atomic E-state index is 1.16. The van der Waals surface area contributed by atoms with Crippen LogP contribution in [0.2, 0.25) is 0 Å². The molecule has 1 heterocycles. The lowest BCUT2D eigenvalue weighted by Crippen LogP contribution is -2.06. The summed E-state index contributed by atoms with van der Waals surface area (Å²) >= 11 is 0. The van der Waals surface area contributed by atoms with Crippen LogP contribution in [0.15, 0.2) is 72.5 Å². The molecule has 0 radical (unpaired) electrons. The van der Waals surface area contributed by atoms with E-state index in [-0.39, 0.29) is 0 Å². The summed E-state index contributed by atoms with van der Waals surface area (Å²) in [5.41, 5.74) is 8.72. The van der Waals surface area contributed by atoms with Crippen LogP contribution in [-0.4, -0.2) is 4.57 Å². The van der Waals surface area contributed by atoms with E-state index in [4.69, 9.17) is 0 Å². The first kappa shape index (κ1) is 13.0. The molecular weight excluding hydrogens is 278 g/mol. The van der Waals surface area contributed by atoms with Gasteiger partial charge in [0.2, 0.25) is 0 Å². The molecule has 0 atom stereocenters. The van der Waals surface area contributed by atoms with Gasteiger partial charge in [0.25, 0.3) is 0 Å². The Labute approximate surface area is 136 Å². The minimum Gasteiger partial charge on any atom is -0.317 e. The number of hydrogen-bond acceptors (Lipinski definition) is 0. The largest absolute Gasteiger partial charge is 0.317 e. The maximum Gasteiger partial charge on any atom is 0.0531 e. The second-order valence-electron chi connectivity index (χ2n) is 6.53. The molecule has 5 rings (SSSR count). The summed E-state index contributed by atoms with van der Waals surface area (Å²) in [4.78, 5) is 0. The molecule has 0 unspecified atom stereocenters. The Bertz CT molecular complexity index is 954. The molecule has 2 aliphatic carbocycles. The molecule has 1 aromatic heterocycles. The third-order valence-corrected chi connectivity index (χ3v) is 5.21. The van der Waals surface area contributed by atoms with Crippen LogP contribution in [0.3, 0.4) is 0 Å². The third kappa shape index (κ3) is 2.00. The molecule has 0 saturated carbocycles. The molecule has 0 spiro atoms. The van der Waals surface area contributed by atoms with Crippen molar-refractivity contribution in [2.75, 3.05) is 0 Å². The number of hydrogen-bond donors (Lipinski definition) is 0. The second kappa shape index (κ2) is 4.99. The second-order valence-corrected chi connectivity index (χ2v) is 6.53. The van der Waals surface area contributed by atoms with Gasteiger partial charge < -0.3 is 4.57 Å². The lowest BCUT2D eigenvalue weighted by atomic mass is 9.81. The smallest absolute Gasteiger partial charge is 0.0531 e. The summed E-state index contributed by atoms with van der Waals surface area (Å²) in [5.74, 6) is 0. The lowest BCUT2D eigenvalue weighted by molar-refractivity contribution is 0.898. The Hall–Kier alpha value is -2.54. The number of fused-ring (bicyclic) bond motifs is 3. The zero-order chi connectivity index (χ0) is 15.2. The van der Waals surface area contributed by atoms with Gasteiger partial charge in [-0.2, -0.15) is 0 Å². The minimum atomic E-state index is 1.16. The molecule has 112 valence electrons. The van der Waals surface area contributed by atoms with Crippen molar-refractivity contribution in [1.82, 2.24) is 4.57 Å². The highest BCUT2D eigenvalue weighted by Crippen LogP contribution is 2.39. The normalized spacial score (nSPS) is 16.5. The van der Waals surface area contributed by atoms with Crippen LogP contribution in [0, 0.1) is 0 Å². The Morgan fingerprint density at radius 3 is 2.70 bits per heavy atom. The SMILES string of the molecule is C1=CC2=C(CC1)c1cc3ccn(-c4ccccc4)c3cc1CC2. The van der Waals surface area contributed by atoms with Crippen LogP contribution in [0.5, 0.6) is 0 Å². The van der Waals surface area contributed by atoms with Crippen LogP contribution >= 0.6 is 0 Å². The fourth-order valence-electron chi connectivity index (χ4n) is 4.05. The first-order valence-electron chi connectivity index (χ1n) is 8.48. The lowest BCUT2D eigenvalue weighted by Gasteiger charge is -2.24. The molecule has 0 saturated heterocycles. The van der Waals surface area contributed by atoms with Gasteiger partial charge >= 0.3 is 0 Å². The van der Waals surface area contributed by atoms with Gasteiger partial charge in [-0.05, 0) is 78.3 Å². The average molecular weight is 297 g/mol. The molecule has 3 aromatic rings. The maximum absolute atomic E-state index is 2.42. The number of aromatic nitrogens is 1. The summed E-state index contributed by atoms with van der Waals surface area (Å²) in [6, 6.07) is 17.7. The van der Waals surface area contributed by atoms with Gasteiger partial charge in [0, 0.05) is 17.3 Å². The topological polar surface area (TPSA) is 4.93 Å². The summed E-state index contributed by atoms with van der Waals surface area (Å²) in [6.45, 7) is 0. The molecule has 1 heteroatoms. The van der Waals surface area contributed by atoms with Crippen molar-refractivity contribution in [1.29, 1.82) is 0 Å². The van der Waals surface area contributed by atoms with E-state index in [0.717, 1.165) is 6.42 Å². The third-order valence-electron chi connectivity index (χ3n) is 5.21. The average Bonchev–Trinajstić information content (AvgIpc) is 3.03. The number of aryl methyl sites for hydroxylation is 1. The van der Waals surface area contributed by atoms with Crippen LogP contribution in [-0.2, 0) is 6.42 Å². The first-order valence-corrected chi connectivity index (χ1v) is 8.48. The van der Waals surface area contributed by atoms with Crippen molar-refractivity contribution in [3.63, 3.8) is 0 Å². The molecule has 2 aliphatic rings. The van der Waals surface area contributed by atoms with E-state index in [2.05, 4.69) is 71.4 Å². The van der Waals surface area contributed by atoms with Gasteiger partial charge in [-0.3, -0.25) is 0 Å². The standard InChI is InChI=1S/C22H19N/c1-2-7-19(8-3-1)23-13-12-18-14-21-17(15-22(18)23)11-10-16-6-4-5-9-20(16)21/h1-4,6-8,12-15H,5,9-11H2. The highest BCUT2D eigenvalue weighted by atomic mass is 15.0. The summed E-state index contributed by atoms with van der Waals surface area (Å²) in [7, 11) is 0. The van der Waals surface area contributed by atoms with E-state index in [1.165, 1.54) is 47.0 Å². The number of benzene rings is 2. The van der Waals surface area contributed by atoms with E-state index >= 15 is 0 Å². The molecule has 0 bridgehead atoms. The zero-order valence-corrected chi connectivity index (χ0v) is 13.1. The summed E-state index contributed by atoms with van der Waals surface area (Å²) in [5, 5.41) is 1.34. The molecule has 23 heavy (non-hydrogen) atoms. The van der Waals surface area contributed by atoms with Gasteiger partial charge in [0.1, 0.15) is 0 Å². The molecule has 1 nitrogen and oxygen atoms in total. The van der Waals surface area contributed by atoms with Crippen LogP contribution in [0.1, 0.15) is 30.4 Å². The fourth-order valence-corrected chi connectivity index (χ4v) is 4.05. The van der Waals surface area contributed by atoms with E-state index in [1.807, 2.05) is 0 Å². The Kier molecular flexibility index (Phi) is 2.81. The Balaban J connectivity index is 1.72. The van der Waals surface area contributed by atoms with E-state index in [9.17, 15) is 0 Å². The predicted molar refractivity (Wildman–Crippen MR) is 96.9 cm³/mol. The predicted octanol–water partition coefficient (Wildman–Crippen LogP) is 5.68. The van der Waals surface area contributed by atoms with Crippen molar-refractivity contribution >= 4 is 16.5 Å². The van der Waals surface area contributed by atoms with Crippen LogP contribution < -0.4 is 0 Å². The van der Waals surface area contributed by atoms with Crippen molar-refractivity contribution in [3.05, 3.63) is 83.6 Å². The maximum atomic E-state index is 2.42. The fraction of sp³-hybridized carbons (Fsp3) is 0.182. The molecular formula is C22H19N. The quantitative estimate of drug-likeness (QED) is 0.544. The summed E-state index contributed by atoms with van der Waals surface area (Å²) in [6.07, 6.45) is 11.6. The van der Waals surface area contributed by atoms with Crippen LogP contribution in [0.4, 0.5) is 0 Å². The number of nitrogens with zero attached hydrogens (tertiary/aromatic N) is 1. The van der Waals surface area contributed by atoms with Crippen LogP contribution in [0.25, 0.3) is 22.2 Å². The number of allylic oxidation sites excluding steroid dienone is 4. The molecule has 2 aromatic carbocycles. The zero-order valence-electron chi connectivity index (χ0n) is 13.1. The van der Waals surface area contributed by atoms with Crippen molar-refractivity contribution in [2.24, 2.45) is 0 Å². The van der Waals surface area contributed by atoms with Gasteiger partial charge in [-0.15, -0.1) is 0 Å². The van der Waals surface area contributed by atoms with E-state index in [1.54, 1.807) is 11.1 Å². The van der Waals surface area contributed by atoms with Crippen molar-refractivity contribution in [3.8, 4) is 5.69 Å². The number of para-hydroxylation sites is 1. The Morgan fingerprint density at radius 2 is 1.78 bits per heavy atom. The molecule has 0 aliphatic heterocycles. The summed E-state index contributed by atoms with van der Waals surface area (Å²) < 4.78 is 2.31. The monoisotopic (exact) mass is 297 g/mol. The molecule has 0 fully saturated rings.